The highest BCUT2D eigenvalue weighted by atomic mass is 35.5. The van der Waals surface area contributed by atoms with Crippen LogP contribution >= 0.6 is 11.6 Å². The van der Waals surface area contributed by atoms with Crippen LogP contribution in [0.5, 0.6) is 5.75 Å². The van der Waals surface area contributed by atoms with Gasteiger partial charge in [-0.2, -0.15) is 5.10 Å². The van der Waals surface area contributed by atoms with Crippen molar-refractivity contribution < 1.29 is 13.9 Å². The van der Waals surface area contributed by atoms with Gasteiger partial charge in [0.15, 0.2) is 11.4 Å². The first-order valence-electron chi connectivity index (χ1n) is 9.89. The Kier molecular flexibility index (Phi) is 5.69. The molecule has 0 spiro atoms. The van der Waals surface area contributed by atoms with Crippen LogP contribution in [0.4, 0.5) is 0 Å². The monoisotopic (exact) mass is 438 g/mol. The lowest BCUT2D eigenvalue weighted by molar-refractivity contribution is 0.0786. The van der Waals surface area contributed by atoms with Gasteiger partial charge in [-0.1, -0.05) is 11.6 Å². The van der Waals surface area contributed by atoms with Crippen LogP contribution in [0.2, 0.25) is 5.02 Å². The summed E-state index contributed by atoms with van der Waals surface area (Å²) < 4.78 is 12.8. The molecule has 1 amide bonds. The molecule has 160 valence electrons. The number of ether oxygens (including phenoxy) is 1. The van der Waals surface area contributed by atoms with E-state index in [0.29, 0.717) is 45.4 Å². The number of hydrogen-bond donors (Lipinski definition) is 0. The van der Waals surface area contributed by atoms with Crippen molar-refractivity contribution in [2.24, 2.45) is 0 Å². The lowest BCUT2D eigenvalue weighted by atomic mass is 10.1. The Hall–Kier alpha value is -3.32. The first kappa shape index (κ1) is 20.9. The number of pyridine rings is 1. The second-order valence-corrected chi connectivity index (χ2v) is 8.01. The van der Waals surface area contributed by atoms with E-state index in [1.807, 2.05) is 19.9 Å². The number of amides is 1. The molecule has 7 nitrogen and oxygen atoms in total. The lowest BCUT2D eigenvalue weighted by Gasteiger charge is -2.20. The normalized spacial score (nSPS) is 11.3. The lowest BCUT2D eigenvalue weighted by Crippen LogP contribution is -2.26. The van der Waals surface area contributed by atoms with Crippen LogP contribution in [0.1, 0.15) is 35.8 Å². The van der Waals surface area contributed by atoms with Gasteiger partial charge in [-0.05, 0) is 50.2 Å². The van der Waals surface area contributed by atoms with E-state index >= 15 is 0 Å². The summed E-state index contributed by atoms with van der Waals surface area (Å²) in [7, 11) is 3.34. The molecule has 1 aromatic carbocycles. The van der Waals surface area contributed by atoms with Crippen molar-refractivity contribution in [2.45, 2.75) is 26.4 Å². The third kappa shape index (κ3) is 4.01. The highest BCUT2D eigenvalue weighted by Gasteiger charge is 2.22. The van der Waals surface area contributed by atoms with Crippen molar-refractivity contribution >= 4 is 28.5 Å². The van der Waals surface area contributed by atoms with Crippen LogP contribution < -0.4 is 4.74 Å². The smallest absolute Gasteiger partial charge is 0.254 e. The molecule has 4 aromatic rings. The molecule has 4 rings (SSSR count). The Morgan fingerprint density at radius 1 is 1.29 bits per heavy atom. The first-order chi connectivity index (χ1) is 14.9. The van der Waals surface area contributed by atoms with Gasteiger partial charge >= 0.3 is 0 Å². The summed E-state index contributed by atoms with van der Waals surface area (Å²) in [6, 6.07) is 10.8. The third-order valence-electron chi connectivity index (χ3n) is 5.06. The Morgan fingerprint density at radius 2 is 2.10 bits per heavy atom. The van der Waals surface area contributed by atoms with E-state index in [1.54, 1.807) is 66.5 Å². The van der Waals surface area contributed by atoms with Crippen molar-refractivity contribution in [1.82, 2.24) is 19.7 Å². The van der Waals surface area contributed by atoms with E-state index in [0.717, 1.165) is 5.56 Å². The molecule has 3 aromatic heterocycles. The highest BCUT2D eigenvalue weighted by molar-refractivity contribution is 6.30. The quantitative estimate of drug-likeness (QED) is 0.413. The van der Waals surface area contributed by atoms with Crippen LogP contribution in [0.3, 0.4) is 0 Å². The summed E-state index contributed by atoms with van der Waals surface area (Å²) in [6.07, 6.45) is 3.27. The predicted molar refractivity (Wildman–Crippen MR) is 119 cm³/mol. The molecule has 0 unspecified atom stereocenters. The molecule has 31 heavy (non-hydrogen) atoms. The summed E-state index contributed by atoms with van der Waals surface area (Å²) in [6.45, 7) is 4.38. The fourth-order valence-corrected chi connectivity index (χ4v) is 3.72. The summed E-state index contributed by atoms with van der Waals surface area (Å²) in [5.74, 6) is 1.10. The second-order valence-electron chi connectivity index (χ2n) is 7.57. The largest absolute Gasteiger partial charge is 0.496 e. The standard InChI is InChI=1S/C23H23ClN4O3/c1-14(2)28-22-18(12-25-28)17(11-19(26-22)21-6-5-9-31-21)23(29)27(3)13-15-10-16(24)7-8-20(15)30-4/h5-12,14H,13H2,1-4H3. The third-order valence-corrected chi connectivity index (χ3v) is 5.29. The van der Waals surface area contributed by atoms with Gasteiger partial charge < -0.3 is 14.1 Å². The van der Waals surface area contributed by atoms with E-state index < -0.39 is 0 Å². The summed E-state index contributed by atoms with van der Waals surface area (Å²) >= 11 is 6.15. The minimum atomic E-state index is -0.162. The molecule has 0 atom stereocenters. The van der Waals surface area contributed by atoms with Crippen molar-refractivity contribution in [3.63, 3.8) is 0 Å². The van der Waals surface area contributed by atoms with Crippen molar-refractivity contribution in [3.8, 4) is 17.2 Å². The fraction of sp³-hybridized carbons (Fsp3) is 0.261. The average Bonchev–Trinajstić information content (AvgIpc) is 3.42. The molecule has 0 aliphatic rings. The topological polar surface area (TPSA) is 73.4 Å². The van der Waals surface area contributed by atoms with Gasteiger partial charge in [0.25, 0.3) is 5.91 Å². The van der Waals surface area contributed by atoms with Gasteiger partial charge in [-0.3, -0.25) is 4.79 Å². The Bertz CT molecular complexity index is 1230. The number of methoxy groups -OCH3 is 1. The van der Waals surface area contributed by atoms with E-state index in [2.05, 4.69) is 5.10 Å². The minimum Gasteiger partial charge on any atom is -0.496 e. The zero-order valence-electron chi connectivity index (χ0n) is 17.8. The number of rotatable bonds is 6. The number of benzene rings is 1. The maximum Gasteiger partial charge on any atom is 0.254 e. The molecule has 3 heterocycles. The molecule has 0 aliphatic carbocycles. The Morgan fingerprint density at radius 3 is 2.77 bits per heavy atom. The van der Waals surface area contributed by atoms with Gasteiger partial charge in [0.05, 0.1) is 30.5 Å². The van der Waals surface area contributed by atoms with Crippen LogP contribution in [0.25, 0.3) is 22.5 Å². The van der Waals surface area contributed by atoms with Crippen molar-refractivity contribution in [1.29, 1.82) is 0 Å². The molecule has 0 bridgehead atoms. The van der Waals surface area contributed by atoms with Crippen LogP contribution in [-0.4, -0.2) is 39.7 Å². The first-order valence-corrected chi connectivity index (χ1v) is 10.3. The SMILES string of the molecule is COc1ccc(Cl)cc1CN(C)C(=O)c1cc(-c2ccco2)nc2c1cnn2C(C)C. The minimum absolute atomic E-state index is 0.0910. The summed E-state index contributed by atoms with van der Waals surface area (Å²) in [5, 5.41) is 5.74. The molecular weight excluding hydrogens is 416 g/mol. The number of furan rings is 1. The van der Waals surface area contributed by atoms with E-state index in [4.69, 9.17) is 25.7 Å². The molecule has 8 heteroatoms. The zero-order chi connectivity index (χ0) is 22.1. The van der Waals surface area contributed by atoms with Crippen LogP contribution in [0.15, 0.2) is 53.3 Å². The Balaban J connectivity index is 1.77. The average molecular weight is 439 g/mol. The van der Waals surface area contributed by atoms with E-state index in [9.17, 15) is 4.79 Å². The van der Waals surface area contributed by atoms with Crippen LogP contribution in [-0.2, 0) is 6.54 Å². The van der Waals surface area contributed by atoms with Crippen molar-refractivity contribution in [3.05, 3.63) is 65.0 Å². The van der Waals surface area contributed by atoms with Gasteiger partial charge in [0.2, 0.25) is 0 Å². The van der Waals surface area contributed by atoms with Gasteiger partial charge in [0.1, 0.15) is 11.4 Å². The number of fused-ring (bicyclic) bond motifs is 1. The number of hydrogen-bond acceptors (Lipinski definition) is 5. The van der Waals surface area contributed by atoms with Gasteiger partial charge in [0, 0.05) is 30.2 Å². The number of carbonyl (C=O) groups excluding carboxylic acids is 1. The fourth-order valence-electron chi connectivity index (χ4n) is 3.53. The van der Waals surface area contributed by atoms with E-state index in [1.165, 1.54) is 0 Å². The molecule has 0 fully saturated rings. The summed E-state index contributed by atoms with van der Waals surface area (Å²) in [5.41, 5.74) is 2.55. The molecular formula is C23H23ClN4O3. The van der Waals surface area contributed by atoms with Crippen LogP contribution in [0, 0.1) is 0 Å². The number of carbonyl (C=O) groups is 1. The zero-order valence-corrected chi connectivity index (χ0v) is 18.6. The highest BCUT2D eigenvalue weighted by Crippen LogP contribution is 2.29. The molecule has 0 radical (unpaired) electrons. The number of halogens is 1. The van der Waals surface area contributed by atoms with E-state index in [-0.39, 0.29) is 11.9 Å². The maximum absolute atomic E-state index is 13.5. The number of nitrogens with zero attached hydrogens (tertiary/aromatic N) is 4. The Labute approximate surface area is 185 Å². The van der Waals surface area contributed by atoms with Crippen molar-refractivity contribution in [2.75, 3.05) is 14.2 Å². The predicted octanol–water partition coefficient (Wildman–Crippen LogP) is 5.21. The van der Waals surface area contributed by atoms with Gasteiger partial charge in [-0.15, -0.1) is 0 Å². The summed E-state index contributed by atoms with van der Waals surface area (Å²) in [4.78, 5) is 19.9. The maximum atomic E-state index is 13.5. The molecule has 0 aliphatic heterocycles. The molecule has 0 N–H and O–H groups in total. The molecule has 0 saturated heterocycles. The molecule has 0 saturated carbocycles. The second kappa shape index (κ2) is 8.43. The van der Waals surface area contributed by atoms with Gasteiger partial charge in [-0.25, -0.2) is 9.67 Å². The number of aromatic nitrogens is 3.